The molecule has 0 bridgehead atoms. The number of ether oxygens (including phenoxy) is 3. The van der Waals surface area contributed by atoms with E-state index in [2.05, 4.69) is 81.5 Å². The van der Waals surface area contributed by atoms with Gasteiger partial charge in [0.1, 0.15) is 13.2 Å². The maximum absolute atomic E-state index is 12.9. The highest BCUT2D eigenvalue weighted by Gasteiger charge is 2.19. The molecule has 0 aromatic rings. The lowest BCUT2D eigenvalue weighted by Gasteiger charge is -2.18. The van der Waals surface area contributed by atoms with Gasteiger partial charge in [0.25, 0.3) is 0 Å². The maximum Gasteiger partial charge on any atom is 0.306 e. The highest BCUT2D eigenvalue weighted by Crippen LogP contribution is 2.16. The minimum atomic E-state index is -0.781. The molecule has 0 saturated heterocycles. The molecule has 0 aliphatic rings. The van der Waals surface area contributed by atoms with Gasteiger partial charge in [-0.3, -0.25) is 14.4 Å². The molecule has 69 heavy (non-hydrogen) atoms. The van der Waals surface area contributed by atoms with E-state index in [9.17, 15) is 14.4 Å². The molecule has 6 nitrogen and oxygen atoms in total. The zero-order valence-corrected chi connectivity index (χ0v) is 45.8. The molecule has 0 spiro atoms. The Morgan fingerprint density at radius 3 is 0.899 bits per heavy atom. The predicted octanol–water partition coefficient (Wildman–Crippen LogP) is 20.0. The zero-order chi connectivity index (χ0) is 50.0. The van der Waals surface area contributed by atoms with Gasteiger partial charge < -0.3 is 14.2 Å². The van der Waals surface area contributed by atoms with Crippen molar-refractivity contribution in [1.82, 2.24) is 0 Å². The number of hydrogen-bond donors (Lipinski definition) is 0. The quantitative estimate of drug-likeness (QED) is 0.0262. The number of carbonyl (C=O) groups excluding carboxylic acids is 3. The minimum Gasteiger partial charge on any atom is -0.462 e. The first-order chi connectivity index (χ1) is 34.0. The van der Waals surface area contributed by atoms with E-state index >= 15 is 0 Å². The number of unbranched alkanes of at least 4 members (excludes halogenated alkanes) is 33. The first-order valence-corrected chi connectivity index (χ1v) is 29.8. The lowest BCUT2D eigenvalue weighted by molar-refractivity contribution is -0.167. The molecular formula is C63H112O6. The van der Waals surface area contributed by atoms with Crippen molar-refractivity contribution in [2.75, 3.05) is 13.2 Å². The van der Waals surface area contributed by atoms with E-state index in [0.29, 0.717) is 19.3 Å². The second-order valence-electron chi connectivity index (χ2n) is 19.9. The lowest BCUT2D eigenvalue weighted by Crippen LogP contribution is -2.30. The Morgan fingerprint density at radius 2 is 0.565 bits per heavy atom. The van der Waals surface area contributed by atoms with E-state index in [0.717, 1.165) is 96.3 Å². The fourth-order valence-electron chi connectivity index (χ4n) is 8.55. The summed E-state index contributed by atoms with van der Waals surface area (Å²) in [6, 6.07) is 0. The van der Waals surface area contributed by atoms with Gasteiger partial charge in [0.2, 0.25) is 0 Å². The number of esters is 3. The summed E-state index contributed by atoms with van der Waals surface area (Å²) >= 11 is 0. The molecule has 0 aliphatic carbocycles. The van der Waals surface area contributed by atoms with E-state index in [4.69, 9.17) is 14.2 Å². The van der Waals surface area contributed by atoms with E-state index in [1.54, 1.807) is 0 Å². The summed E-state index contributed by atoms with van der Waals surface area (Å²) in [6.07, 6.45) is 72.2. The molecule has 0 aliphatic heterocycles. The van der Waals surface area contributed by atoms with E-state index in [-0.39, 0.29) is 31.1 Å². The zero-order valence-electron chi connectivity index (χ0n) is 45.8. The Morgan fingerprint density at radius 1 is 0.304 bits per heavy atom. The van der Waals surface area contributed by atoms with Crippen LogP contribution in [0.15, 0.2) is 60.8 Å². The topological polar surface area (TPSA) is 78.9 Å². The molecule has 0 fully saturated rings. The Hall–Kier alpha value is -2.89. The average Bonchev–Trinajstić information content (AvgIpc) is 3.35. The number of allylic oxidation sites excluding steroid dienone is 10. The molecule has 6 heteroatoms. The summed E-state index contributed by atoms with van der Waals surface area (Å²) in [6.45, 7) is 6.54. The monoisotopic (exact) mass is 965 g/mol. The molecule has 0 heterocycles. The summed E-state index contributed by atoms with van der Waals surface area (Å²) < 4.78 is 16.9. The average molecular weight is 966 g/mol. The van der Waals surface area contributed by atoms with Gasteiger partial charge in [-0.2, -0.15) is 0 Å². The molecule has 0 radical (unpaired) electrons. The third-order valence-electron chi connectivity index (χ3n) is 13.0. The molecule has 1 atom stereocenters. The Kier molecular flexibility index (Phi) is 55.3. The predicted molar refractivity (Wildman–Crippen MR) is 298 cm³/mol. The van der Waals surface area contributed by atoms with Gasteiger partial charge in [-0.15, -0.1) is 0 Å². The Labute approximate surface area is 428 Å². The van der Waals surface area contributed by atoms with E-state index in [1.807, 2.05) is 0 Å². The van der Waals surface area contributed by atoms with Crippen LogP contribution in [0.2, 0.25) is 0 Å². The summed E-state index contributed by atoms with van der Waals surface area (Å²) in [5, 5.41) is 0. The van der Waals surface area contributed by atoms with Crippen LogP contribution in [0, 0.1) is 0 Å². The third kappa shape index (κ3) is 55.9. The molecule has 400 valence electrons. The second-order valence-corrected chi connectivity index (χ2v) is 19.9. The Bertz CT molecular complexity index is 1250. The molecule has 0 aromatic heterocycles. The number of carbonyl (C=O) groups is 3. The van der Waals surface area contributed by atoms with Gasteiger partial charge in [0, 0.05) is 19.3 Å². The summed E-state index contributed by atoms with van der Waals surface area (Å²) in [7, 11) is 0. The van der Waals surface area contributed by atoms with Gasteiger partial charge in [-0.1, -0.05) is 261 Å². The molecule has 0 N–H and O–H groups in total. The largest absolute Gasteiger partial charge is 0.462 e. The second kappa shape index (κ2) is 57.7. The van der Waals surface area contributed by atoms with Crippen molar-refractivity contribution >= 4 is 17.9 Å². The molecule has 0 rings (SSSR count). The molecule has 1 unspecified atom stereocenters. The number of hydrogen-bond acceptors (Lipinski definition) is 6. The van der Waals surface area contributed by atoms with Crippen molar-refractivity contribution in [3.63, 3.8) is 0 Å². The van der Waals surface area contributed by atoms with Crippen LogP contribution < -0.4 is 0 Å². The van der Waals surface area contributed by atoms with Crippen LogP contribution in [0.5, 0.6) is 0 Å². The minimum absolute atomic E-state index is 0.0782. The molecule has 0 amide bonds. The SMILES string of the molecule is CC/C=C\C/C=C\C/C=C\C/C=C\CCCCCCCCC(=O)OC(COC(=O)CCCCCCCCCCC/C=C\CCCCCCCCCC)COC(=O)CCCCCCCCCCCCC. The van der Waals surface area contributed by atoms with Gasteiger partial charge in [-0.05, 0) is 83.5 Å². The van der Waals surface area contributed by atoms with Crippen molar-refractivity contribution in [3.05, 3.63) is 60.8 Å². The third-order valence-corrected chi connectivity index (χ3v) is 13.0. The van der Waals surface area contributed by atoms with Crippen LogP contribution in [-0.4, -0.2) is 37.2 Å². The maximum atomic E-state index is 12.9. The summed E-state index contributed by atoms with van der Waals surface area (Å²) in [5.41, 5.74) is 0. The van der Waals surface area contributed by atoms with Crippen LogP contribution in [0.4, 0.5) is 0 Å². The first kappa shape index (κ1) is 66.1. The van der Waals surface area contributed by atoms with E-state index in [1.165, 1.54) is 167 Å². The fourth-order valence-corrected chi connectivity index (χ4v) is 8.55. The van der Waals surface area contributed by atoms with Crippen molar-refractivity contribution < 1.29 is 28.6 Å². The lowest BCUT2D eigenvalue weighted by atomic mass is 10.1. The van der Waals surface area contributed by atoms with Gasteiger partial charge in [0.15, 0.2) is 6.10 Å². The normalized spacial score (nSPS) is 12.4. The van der Waals surface area contributed by atoms with Gasteiger partial charge in [-0.25, -0.2) is 0 Å². The van der Waals surface area contributed by atoms with Crippen molar-refractivity contribution in [3.8, 4) is 0 Å². The smallest absolute Gasteiger partial charge is 0.306 e. The molecule has 0 saturated carbocycles. The first-order valence-electron chi connectivity index (χ1n) is 29.8. The Balaban J connectivity index is 4.32. The van der Waals surface area contributed by atoms with Crippen molar-refractivity contribution in [2.24, 2.45) is 0 Å². The summed E-state index contributed by atoms with van der Waals surface area (Å²) in [5.74, 6) is -0.882. The number of rotatable bonds is 54. The van der Waals surface area contributed by atoms with Crippen LogP contribution in [0.3, 0.4) is 0 Å². The van der Waals surface area contributed by atoms with Crippen LogP contribution in [0.1, 0.15) is 303 Å². The van der Waals surface area contributed by atoms with Crippen molar-refractivity contribution in [2.45, 2.75) is 309 Å². The standard InChI is InChI=1S/C63H112O6/c1-4-7-10-13-16-19-22-24-26-28-30-31-33-34-36-38-41-44-47-50-53-56-62(65)68-59-60(58-67-61(64)55-52-49-46-43-40-21-18-15-12-9-6-3)69-63(66)57-54-51-48-45-42-39-37-35-32-29-27-25-23-20-17-14-11-8-5-2/h8,11,17,20,25,27-28,30,32,35,60H,4-7,9-10,12-16,18-19,21-24,26,29,31,33-34,36-59H2,1-3H3/b11-8-,20-17-,27-25-,30-28-,35-32-. The fraction of sp³-hybridized carbons (Fsp3) is 0.794. The molecule has 0 aromatic carbocycles. The van der Waals surface area contributed by atoms with Crippen LogP contribution in [-0.2, 0) is 28.6 Å². The van der Waals surface area contributed by atoms with Crippen molar-refractivity contribution in [1.29, 1.82) is 0 Å². The summed E-state index contributed by atoms with van der Waals surface area (Å²) in [4.78, 5) is 38.2. The van der Waals surface area contributed by atoms with E-state index < -0.39 is 6.10 Å². The molecular weight excluding hydrogens is 853 g/mol. The van der Waals surface area contributed by atoms with Crippen LogP contribution in [0.25, 0.3) is 0 Å². The highest BCUT2D eigenvalue weighted by atomic mass is 16.6. The highest BCUT2D eigenvalue weighted by molar-refractivity contribution is 5.71. The van der Waals surface area contributed by atoms with Crippen LogP contribution >= 0.6 is 0 Å². The van der Waals surface area contributed by atoms with Gasteiger partial charge in [0.05, 0.1) is 0 Å². The van der Waals surface area contributed by atoms with Gasteiger partial charge >= 0.3 is 17.9 Å².